The molecule has 0 fully saturated rings. The van der Waals surface area contributed by atoms with Crippen LogP contribution in [0, 0.1) is 12.7 Å². The molecule has 0 atom stereocenters. The first-order chi connectivity index (χ1) is 11.5. The maximum Gasteiger partial charge on any atom is 0.226 e. The van der Waals surface area contributed by atoms with Crippen molar-refractivity contribution in [2.75, 3.05) is 5.32 Å². The number of amides is 1. The lowest BCUT2D eigenvalue weighted by Gasteiger charge is -2.03. The van der Waals surface area contributed by atoms with Gasteiger partial charge in [-0.3, -0.25) is 9.48 Å². The summed E-state index contributed by atoms with van der Waals surface area (Å²) in [5.41, 5.74) is 1.18. The molecule has 2 aromatic heterocycles. The zero-order chi connectivity index (χ0) is 17.1. The summed E-state index contributed by atoms with van der Waals surface area (Å²) in [6.07, 6.45) is 2.01. The van der Waals surface area contributed by atoms with E-state index in [4.69, 9.17) is 4.42 Å². The molecule has 0 spiro atoms. The van der Waals surface area contributed by atoms with E-state index in [1.807, 2.05) is 6.92 Å². The third-order valence-electron chi connectivity index (χ3n) is 3.53. The summed E-state index contributed by atoms with van der Waals surface area (Å²) in [5, 5.41) is 6.94. The Labute approximate surface area is 138 Å². The Hall–Kier alpha value is -2.96. The summed E-state index contributed by atoms with van der Waals surface area (Å²) < 4.78 is 20.9. The van der Waals surface area contributed by atoms with Gasteiger partial charge in [-0.05, 0) is 19.1 Å². The summed E-state index contributed by atoms with van der Waals surface area (Å²) in [7, 11) is 1.76. The SMILES string of the molecule is Cc1cc(NC(=O)CCc2ncc(-c3ccccc3F)o2)n(C)n1. The molecule has 1 aromatic carbocycles. The molecular formula is C17H17FN4O2. The molecule has 24 heavy (non-hydrogen) atoms. The second kappa shape index (κ2) is 6.66. The van der Waals surface area contributed by atoms with Gasteiger partial charge in [-0.15, -0.1) is 0 Å². The predicted octanol–water partition coefficient (Wildman–Crippen LogP) is 3.09. The van der Waals surface area contributed by atoms with E-state index < -0.39 is 0 Å². The van der Waals surface area contributed by atoms with Crippen LogP contribution in [-0.4, -0.2) is 20.7 Å². The lowest BCUT2D eigenvalue weighted by atomic mass is 10.2. The number of rotatable bonds is 5. The van der Waals surface area contributed by atoms with Gasteiger partial charge in [0, 0.05) is 26.0 Å². The Bertz CT molecular complexity index is 869. The van der Waals surface area contributed by atoms with Crippen LogP contribution in [0.25, 0.3) is 11.3 Å². The van der Waals surface area contributed by atoms with Crippen LogP contribution in [0.15, 0.2) is 40.9 Å². The van der Waals surface area contributed by atoms with Crippen LogP contribution in [0.5, 0.6) is 0 Å². The van der Waals surface area contributed by atoms with E-state index in [0.717, 1.165) is 5.69 Å². The van der Waals surface area contributed by atoms with Gasteiger partial charge in [-0.1, -0.05) is 12.1 Å². The van der Waals surface area contributed by atoms with Crippen LogP contribution in [-0.2, 0) is 18.3 Å². The van der Waals surface area contributed by atoms with Crippen molar-refractivity contribution < 1.29 is 13.6 Å². The summed E-state index contributed by atoms with van der Waals surface area (Å²) in [6, 6.07) is 8.11. The number of nitrogens with one attached hydrogen (secondary N) is 1. The van der Waals surface area contributed by atoms with Gasteiger partial charge < -0.3 is 9.73 Å². The highest BCUT2D eigenvalue weighted by Crippen LogP contribution is 2.23. The van der Waals surface area contributed by atoms with Crippen molar-refractivity contribution in [1.29, 1.82) is 0 Å². The van der Waals surface area contributed by atoms with Crippen molar-refractivity contribution in [3.05, 3.63) is 53.9 Å². The second-order valence-electron chi connectivity index (χ2n) is 5.44. The molecule has 3 rings (SSSR count). The minimum Gasteiger partial charge on any atom is -0.441 e. The number of benzene rings is 1. The van der Waals surface area contributed by atoms with E-state index in [9.17, 15) is 9.18 Å². The van der Waals surface area contributed by atoms with Crippen molar-refractivity contribution in [2.24, 2.45) is 7.05 Å². The Morgan fingerprint density at radius 1 is 1.38 bits per heavy atom. The first-order valence-electron chi connectivity index (χ1n) is 7.53. The summed E-state index contributed by atoms with van der Waals surface area (Å²) in [6.45, 7) is 1.85. The van der Waals surface area contributed by atoms with Crippen molar-refractivity contribution in [3.63, 3.8) is 0 Å². The molecule has 7 heteroatoms. The third-order valence-corrected chi connectivity index (χ3v) is 3.53. The molecule has 0 aliphatic rings. The summed E-state index contributed by atoms with van der Waals surface area (Å²) >= 11 is 0. The van der Waals surface area contributed by atoms with Crippen LogP contribution >= 0.6 is 0 Å². The maximum absolute atomic E-state index is 13.7. The number of hydrogen-bond donors (Lipinski definition) is 1. The Morgan fingerprint density at radius 2 is 2.17 bits per heavy atom. The first-order valence-corrected chi connectivity index (χ1v) is 7.53. The van der Waals surface area contributed by atoms with Crippen molar-refractivity contribution in [3.8, 4) is 11.3 Å². The number of halogens is 1. The lowest BCUT2D eigenvalue weighted by Crippen LogP contribution is -2.14. The lowest BCUT2D eigenvalue weighted by molar-refractivity contribution is -0.116. The molecule has 0 bridgehead atoms. The molecule has 3 aromatic rings. The Morgan fingerprint density at radius 3 is 2.88 bits per heavy atom. The summed E-state index contributed by atoms with van der Waals surface area (Å²) in [5.74, 6) is 0.848. The zero-order valence-corrected chi connectivity index (χ0v) is 13.4. The molecule has 124 valence electrons. The average Bonchev–Trinajstić information content (AvgIpc) is 3.13. The smallest absolute Gasteiger partial charge is 0.226 e. The van der Waals surface area contributed by atoms with Crippen molar-refractivity contribution in [1.82, 2.24) is 14.8 Å². The fourth-order valence-corrected chi connectivity index (χ4v) is 2.36. The number of oxazole rings is 1. The van der Waals surface area contributed by atoms with Crippen molar-refractivity contribution >= 4 is 11.7 Å². The van der Waals surface area contributed by atoms with E-state index in [1.54, 1.807) is 36.0 Å². The molecule has 1 amide bonds. The quantitative estimate of drug-likeness (QED) is 0.781. The molecule has 1 N–H and O–H groups in total. The molecule has 0 radical (unpaired) electrons. The average molecular weight is 328 g/mol. The second-order valence-corrected chi connectivity index (χ2v) is 5.44. The van der Waals surface area contributed by atoms with Gasteiger partial charge >= 0.3 is 0 Å². The van der Waals surface area contributed by atoms with Gasteiger partial charge in [-0.2, -0.15) is 5.10 Å². The number of carbonyl (C=O) groups excluding carboxylic acids is 1. The fourth-order valence-electron chi connectivity index (χ4n) is 2.36. The van der Waals surface area contributed by atoms with E-state index in [1.165, 1.54) is 12.3 Å². The largest absolute Gasteiger partial charge is 0.441 e. The van der Waals surface area contributed by atoms with Gasteiger partial charge in [0.25, 0.3) is 0 Å². The van der Waals surface area contributed by atoms with Crippen LogP contribution in [0.3, 0.4) is 0 Å². The number of aryl methyl sites for hydroxylation is 3. The molecule has 0 saturated heterocycles. The van der Waals surface area contributed by atoms with Gasteiger partial charge in [0.05, 0.1) is 17.5 Å². The minimum absolute atomic E-state index is 0.163. The van der Waals surface area contributed by atoms with Crippen LogP contribution in [0.4, 0.5) is 10.2 Å². The number of aromatic nitrogens is 3. The molecule has 6 nitrogen and oxygen atoms in total. The van der Waals surface area contributed by atoms with E-state index in [-0.39, 0.29) is 18.1 Å². The minimum atomic E-state index is -0.371. The summed E-state index contributed by atoms with van der Waals surface area (Å²) in [4.78, 5) is 16.1. The Balaban J connectivity index is 1.60. The zero-order valence-electron chi connectivity index (χ0n) is 13.4. The van der Waals surface area contributed by atoms with Crippen LogP contribution in [0.1, 0.15) is 18.0 Å². The first kappa shape index (κ1) is 15.9. The van der Waals surface area contributed by atoms with E-state index >= 15 is 0 Å². The standard InChI is InChI=1S/C17H17FN4O2/c1-11-9-15(22(2)21-11)20-16(23)7-8-17-19-10-14(24-17)12-5-3-4-6-13(12)18/h3-6,9-10H,7-8H2,1-2H3,(H,20,23). The van der Waals surface area contributed by atoms with Crippen LogP contribution < -0.4 is 5.32 Å². The topological polar surface area (TPSA) is 73.0 Å². The van der Waals surface area contributed by atoms with Crippen LogP contribution in [0.2, 0.25) is 0 Å². The van der Waals surface area contributed by atoms with Crippen molar-refractivity contribution in [2.45, 2.75) is 19.8 Å². The highest BCUT2D eigenvalue weighted by atomic mass is 19.1. The Kier molecular flexibility index (Phi) is 4.41. The van der Waals surface area contributed by atoms with E-state index in [0.29, 0.717) is 29.5 Å². The monoisotopic (exact) mass is 328 g/mol. The third kappa shape index (κ3) is 3.51. The van der Waals surface area contributed by atoms with Gasteiger partial charge in [0.2, 0.25) is 5.91 Å². The van der Waals surface area contributed by atoms with E-state index in [2.05, 4.69) is 15.4 Å². The number of hydrogen-bond acceptors (Lipinski definition) is 4. The highest BCUT2D eigenvalue weighted by molar-refractivity contribution is 5.89. The molecule has 2 heterocycles. The fraction of sp³-hybridized carbons (Fsp3) is 0.235. The molecule has 0 saturated carbocycles. The maximum atomic E-state index is 13.7. The molecule has 0 aliphatic heterocycles. The number of nitrogens with zero attached hydrogens (tertiary/aromatic N) is 3. The van der Waals surface area contributed by atoms with Gasteiger partial charge in [0.1, 0.15) is 11.6 Å². The number of anilines is 1. The van der Waals surface area contributed by atoms with Gasteiger partial charge in [-0.25, -0.2) is 9.37 Å². The molecular weight excluding hydrogens is 311 g/mol. The van der Waals surface area contributed by atoms with Gasteiger partial charge in [0.15, 0.2) is 11.7 Å². The highest BCUT2D eigenvalue weighted by Gasteiger charge is 2.12. The number of carbonyl (C=O) groups is 1. The normalized spacial score (nSPS) is 10.8. The molecule has 0 unspecified atom stereocenters. The predicted molar refractivity (Wildman–Crippen MR) is 86.8 cm³/mol. The molecule has 0 aliphatic carbocycles.